The molecule has 0 radical (unpaired) electrons. The van der Waals surface area contributed by atoms with Gasteiger partial charge in [-0.25, -0.2) is 9.97 Å². The first-order valence-electron chi connectivity index (χ1n) is 9.21. The number of thiazole rings is 1. The van der Waals surface area contributed by atoms with Crippen LogP contribution in [-0.4, -0.2) is 58.2 Å². The number of hydrogen-bond acceptors (Lipinski definition) is 7. The summed E-state index contributed by atoms with van der Waals surface area (Å²) >= 11 is 6.86. The number of hydrogen-bond donors (Lipinski definition) is 1. The molecule has 0 aromatic carbocycles. The Hall–Kier alpha value is -1.16. The molecule has 1 N–H and O–H groups in total. The molecule has 0 amide bonds. The Balaban J connectivity index is 1.46. The van der Waals surface area contributed by atoms with Crippen molar-refractivity contribution < 1.29 is 13.5 Å². The maximum Gasteiger partial charge on any atom is 0.296 e. The van der Waals surface area contributed by atoms with Gasteiger partial charge in [-0.3, -0.25) is 4.90 Å². The largest absolute Gasteiger partial charge is 0.379 e. The van der Waals surface area contributed by atoms with Crippen LogP contribution in [0.5, 0.6) is 0 Å². The van der Waals surface area contributed by atoms with E-state index in [4.69, 9.17) is 16.3 Å². The van der Waals surface area contributed by atoms with E-state index in [0.29, 0.717) is 22.2 Å². The van der Waals surface area contributed by atoms with Gasteiger partial charge in [-0.15, -0.1) is 0 Å². The van der Waals surface area contributed by atoms with Crippen molar-refractivity contribution in [3.05, 3.63) is 10.3 Å². The smallest absolute Gasteiger partial charge is 0.296 e. The van der Waals surface area contributed by atoms with Gasteiger partial charge in [0.05, 0.1) is 13.2 Å². The van der Waals surface area contributed by atoms with Crippen LogP contribution in [0.2, 0.25) is 5.28 Å². The molecule has 2 aromatic rings. The molecular formula is C17H22ClF2N5OS. The van der Waals surface area contributed by atoms with Crippen LogP contribution in [0.3, 0.4) is 0 Å². The van der Waals surface area contributed by atoms with Crippen LogP contribution in [0.15, 0.2) is 0 Å². The van der Waals surface area contributed by atoms with Gasteiger partial charge in [0, 0.05) is 32.1 Å². The van der Waals surface area contributed by atoms with Crippen LogP contribution >= 0.6 is 22.9 Å². The summed E-state index contributed by atoms with van der Waals surface area (Å²) in [5, 5.41) is 3.15. The zero-order chi connectivity index (χ0) is 19.0. The van der Waals surface area contributed by atoms with Gasteiger partial charge in [-0.2, -0.15) is 13.8 Å². The fraction of sp³-hybridized carbons (Fsp3) is 0.706. The van der Waals surface area contributed by atoms with Gasteiger partial charge in [-0.05, 0) is 37.3 Å². The van der Waals surface area contributed by atoms with E-state index in [2.05, 4.69) is 25.2 Å². The molecule has 10 heteroatoms. The molecule has 4 rings (SSSR count). The lowest BCUT2D eigenvalue weighted by Gasteiger charge is -2.39. The minimum atomic E-state index is -3.01. The summed E-state index contributed by atoms with van der Waals surface area (Å²) in [6.07, 6.45) is 4.17. The van der Waals surface area contributed by atoms with Crippen molar-refractivity contribution >= 4 is 39.1 Å². The molecule has 6 nitrogen and oxygen atoms in total. The first kappa shape index (κ1) is 19.2. The van der Waals surface area contributed by atoms with E-state index < -0.39 is 5.92 Å². The molecule has 27 heavy (non-hydrogen) atoms. The predicted molar refractivity (Wildman–Crippen MR) is 102 cm³/mol. The maximum absolute atomic E-state index is 13.6. The number of morpholine rings is 1. The summed E-state index contributed by atoms with van der Waals surface area (Å²) in [4.78, 5) is 15.2. The van der Waals surface area contributed by atoms with Crippen LogP contribution in [0.1, 0.15) is 37.6 Å². The summed E-state index contributed by atoms with van der Waals surface area (Å²) < 4.78 is 32.7. The highest BCUT2D eigenvalue weighted by atomic mass is 35.5. The van der Waals surface area contributed by atoms with Crippen molar-refractivity contribution in [2.24, 2.45) is 0 Å². The minimum Gasteiger partial charge on any atom is -0.379 e. The number of alkyl halides is 2. The third-order valence-electron chi connectivity index (χ3n) is 5.21. The number of aromatic nitrogens is 3. The lowest BCUT2D eigenvalue weighted by molar-refractivity contribution is 0.00791. The Labute approximate surface area is 165 Å². The average Bonchev–Trinajstić information content (AvgIpc) is 3.08. The molecule has 0 spiro atoms. The Morgan fingerprint density at radius 1 is 1.15 bits per heavy atom. The van der Waals surface area contributed by atoms with Gasteiger partial charge in [0.15, 0.2) is 15.7 Å². The van der Waals surface area contributed by atoms with Crippen molar-refractivity contribution in [2.45, 2.75) is 50.6 Å². The molecular weight excluding hydrogens is 396 g/mol. The highest BCUT2D eigenvalue weighted by Crippen LogP contribution is 2.36. The van der Waals surface area contributed by atoms with Crippen LogP contribution in [0.25, 0.3) is 10.3 Å². The van der Waals surface area contributed by atoms with E-state index in [1.165, 1.54) is 0 Å². The molecule has 0 unspecified atom stereocenters. The van der Waals surface area contributed by atoms with Crippen LogP contribution < -0.4 is 5.32 Å². The summed E-state index contributed by atoms with van der Waals surface area (Å²) in [6.45, 7) is 4.45. The molecule has 1 aliphatic heterocycles. The van der Waals surface area contributed by atoms with Crippen LogP contribution in [0, 0.1) is 0 Å². The molecule has 3 heterocycles. The number of rotatable bonds is 4. The second-order valence-electron chi connectivity index (χ2n) is 7.20. The molecule has 148 valence electrons. The van der Waals surface area contributed by atoms with Crippen molar-refractivity contribution in [3.8, 4) is 0 Å². The SMILES string of the molecule is CC(F)(F)c1nc2c(NC3CCC(N4CCOCC4)CC3)nc(Cl)nc2s1. The Kier molecular flexibility index (Phi) is 5.46. The number of anilines is 1. The fourth-order valence-electron chi connectivity index (χ4n) is 3.81. The minimum absolute atomic E-state index is 0.0432. The Morgan fingerprint density at radius 3 is 2.52 bits per heavy atom. The second-order valence-corrected chi connectivity index (χ2v) is 8.52. The molecule has 2 aliphatic rings. The summed E-state index contributed by atoms with van der Waals surface area (Å²) in [5.74, 6) is -2.56. The van der Waals surface area contributed by atoms with E-state index in [-0.39, 0.29) is 16.3 Å². The van der Waals surface area contributed by atoms with E-state index in [1.807, 2.05) is 0 Å². The van der Waals surface area contributed by atoms with Gasteiger partial charge in [0.1, 0.15) is 5.52 Å². The van der Waals surface area contributed by atoms with Crippen molar-refractivity contribution in [2.75, 3.05) is 31.6 Å². The van der Waals surface area contributed by atoms with Crippen molar-refractivity contribution in [1.29, 1.82) is 0 Å². The van der Waals surface area contributed by atoms with E-state index in [9.17, 15) is 8.78 Å². The second kappa shape index (κ2) is 7.69. The normalized spacial score (nSPS) is 25.0. The van der Waals surface area contributed by atoms with Gasteiger partial charge in [0.2, 0.25) is 5.28 Å². The quantitative estimate of drug-likeness (QED) is 0.761. The average molecular weight is 418 g/mol. The van der Waals surface area contributed by atoms with Gasteiger partial charge in [-0.1, -0.05) is 11.3 Å². The van der Waals surface area contributed by atoms with Gasteiger partial charge < -0.3 is 10.1 Å². The highest BCUT2D eigenvalue weighted by molar-refractivity contribution is 7.18. The Morgan fingerprint density at radius 2 is 1.85 bits per heavy atom. The van der Waals surface area contributed by atoms with Gasteiger partial charge in [0.25, 0.3) is 5.92 Å². The standard InChI is InChI=1S/C17H22ClF2N5OS/c1-17(19,20)15-22-12-13(23-16(18)24-14(12)27-15)21-10-2-4-11(5-3-10)25-6-8-26-9-7-25/h10-11H,2-9H2,1H3,(H,21,23,24). The summed E-state index contributed by atoms with van der Waals surface area (Å²) in [7, 11) is 0. The monoisotopic (exact) mass is 417 g/mol. The number of ether oxygens (including phenoxy) is 1. The van der Waals surface area contributed by atoms with E-state index in [0.717, 1.165) is 70.2 Å². The molecule has 0 bridgehead atoms. The zero-order valence-electron chi connectivity index (χ0n) is 15.1. The first-order valence-corrected chi connectivity index (χ1v) is 10.4. The molecule has 2 fully saturated rings. The van der Waals surface area contributed by atoms with Crippen molar-refractivity contribution in [1.82, 2.24) is 19.9 Å². The maximum atomic E-state index is 13.6. The Bertz CT molecular complexity index is 800. The number of nitrogens with one attached hydrogen (secondary N) is 1. The number of nitrogens with zero attached hydrogens (tertiary/aromatic N) is 4. The van der Waals surface area contributed by atoms with Crippen molar-refractivity contribution in [3.63, 3.8) is 0 Å². The molecule has 1 saturated carbocycles. The third-order valence-corrected chi connectivity index (χ3v) is 6.50. The highest BCUT2D eigenvalue weighted by Gasteiger charge is 2.31. The lowest BCUT2D eigenvalue weighted by atomic mass is 9.90. The fourth-order valence-corrected chi connectivity index (χ4v) is 4.90. The molecule has 2 aromatic heterocycles. The van der Waals surface area contributed by atoms with Crippen LogP contribution in [-0.2, 0) is 10.7 Å². The third kappa shape index (κ3) is 4.31. The lowest BCUT2D eigenvalue weighted by Crippen LogP contribution is -2.46. The zero-order valence-corrected chi connectivity index (χ0v) is 16.6. The number of fused-ring (bicyclic) bond motifs is 1. The molecule has 1 aliphatic carbocycles. The van der Waals surface area contributed by atoms with Crippen LogP contribution in [0.4, 0.5) is 14.6 Å². The predicted octanol–water partition coefficient (Wildman–Crippen LogP) is 3.91. The summed E-state index contributed by atoms with van der Waals surface area (Å²) in [5.41, 5.74) is 0.372. The number of halogens is 3. The molecule has 0 atom stereocenters. The van der Waals surface area contributed by atoms with Gasteiger partial charge >= 0.3 is 0 Å². The van der Waals surface area contributed by atoms with E-state index >= 15 is 0 Å². The summed E-state index contributed by atoms with van der Waals surface area (Å²) in [6, 6.07) is 0.814. The molecule has 1 saturated heterocycles. The topological polar surface area (TPSA) is 63.2 Å². The van der Waals surface area contributed by atoms with E-state index in [1.54, 1.807) is 0 Å². The first-order chi connectivity index (χ1) is 12.9.